The fraction of sp³-hybridized carbons (Fsp3) is 0.222. The lowest BCUT2D eigenvalue weighted by Crippen LogP contribution is -2.37. The highest BCUT2D eigenvalue weighted by atomic mass is 31.1. The van der Waals surface area contributed by atoms with Crippen molar-refractivity contribution in [1.82, 2.24) is 0 Å². The van der Waals surface area contributed by atoms with Gasteiger partial charge in [-0.05, 0) is 56.2 Å². The number of hydrogen-bond acceptors (Lipinski definition) is 2. The Hall–Kier alpha value is -3.45. The van der Waals surface area contributed by atoms with Crippen molar-refractivity contribution in [1.29, 1.82) is 0 Å². The van der Waals surface area contributed by atoms with E-state index in [2.05, 4.69) is 134 Å². The standard InChI is InChI=1S/C36H36NOP/c1-27-14-19-32(20-15-27)39(33-21-16-28(2)17-22-33)35-23-18-30-11-6-7-13-34(30)36(35)37-24-8-12-31(37)26-38-25-29-9-4-3-5-10-29/h3-7,9-11,13-23,31H,8,12,24-26H2,1-2H3/t31-/m0/s1. The van der Waals surface area contributed by atoms with E-state index in [1.54, 1.807) is 0 Å². The molecular formula is C36H36NOP. The molecule has 39 heavy (non-hydrogen) atoms. The third-order valence-corrected chi connectivity index (χ3v) is 10.3. The maximum absolute atomic E-state index is 6.33. The number of anilines is 1. The second kappa shape index (κ2) is 11.7. The Labute approximate surface area is 234 Å². The third kappa shape index (κ3) is 5.64. The smallest absolute Gasteiger partial charge is 0.0717 e. The summed E-state index contributed by atoms with van der Waals surface area (Å²) in [6.45, 7) is 6.80. The number of benzene rings is 5. The lowest BCUT2D eigenvalue weighted by molar-refractivity contribution is 0.108. The summed E-state index contributed by atoms with van der Waals surface area (Å²) in [5.41, 5.74) is 5.22. The van der Waals surface area contributed by atoms with E-state index < -0.39 is 7.92 Å². The first-order chi connectivity index (χ1) is 19.2. The van der Waals surface area contributed by atoms with Crippen molar-refractivity contribution in [2.45, 2.75) is 39.3 Å². The van der Waals surface area contributed by atoms with Gasteiger partial charge in [0.05, 0.1) is 24.9 Å². The second-order valence-electron chi connectivity index (χ2n) is 10.7. The van der Waals surface area contributed by atoms with Crippen molar-refractivity contribution >= 4 is 40.3 Å². The molecule has 1 atom stereocenters. The van der Waals surface area contributed by atoms with Gasteiger partial charge in [0.25, 0.3) is 0 Å². The Bertz CT molecular complexity index is 1480. The Kier molecular flexibility index (Phi) is 7.77. The fourth-order valence-corrected chi connectivity index (χ4v) is 8.16. The van der Waals surface area contributed by atoms with Gasteiger partial charge in [0, 0.05) is 17.2 Å². The van der Waals surface area contributed by atoms with Crippen LogP contribution in [0.4, 0.5) is 5.69 Å². The van der Waals surface area contributed by atoms with Crippen LogP contribution in [0.15, 0.2) is 115 Å². The molecule has 0 N–H and O–H groups in total. The number of ether oxygens (including phenoxy) is 1. The zero-order chi connectivity index (χ0) is 26.6. The van der Waals surface area contributed by atoms with Crippen LogP contribution in [-0.2, 0) is 11.3 Å². The van der Waals surface area contributed by atoms with Crippen LogP contribution in [-0.4, -0.2) is 19.2 Å². The maximum Gasteiger partial charge on any atom is 0.0717 e. The second-order valence-corrected chi connectivity index (χ2v) is 12.8. The molecule has 2 nitrogen and oxygen atoms in total. The van der Waals surface area contributed by atoms with Crippen LogP contribution in [0.3, 0.4) is 0 Å². The van der Waals surface area contributed by atoms with Crippen molar-refractivity contribution in [2.75, 3.05) is 18.1 Å². The van der Waals surface area contributed by atoms with E-state index >= 15 is 0 Å². The molecule has 5 aromatic carbocycles. The molecule has 1 aliphatic heterocycles. The molecule has 0 bridgehead atoms. The van der Waals surface area contributed by atoms with Gasteiger partial charge in [-0.3, -0.25) is 0 Å². The monoisotopic (exact) mass is 529 g/mol. The Balaban J connectivity index is 1.44. The fourth-order valence-electron chi connectivity index (χ4n) is 5.73. The van der Waals surface area contributed by atoms with Gasteiger partial charge in [-0.15, -0.1) is 0 Å². The zero-order valence-electron chi connectivity index (χ0n) is 22.9. The lowest BCUT2D eigenvalue weighted by atomic mass is 10.1. The average molecular weight is 530 g/mol. The predicted molar refractivity (Wildman–Crippen MR) is 169 cm³/mol. The van der Waals surface area contributed by atoms with Crippen LogP contribution in [0.2, 0.25) is 0 Å². The largest absolute Gasteiger partial charge is 0.375 e. The van der Waals surface area contributed by atoms with Crippen LogP contribution in [0.25, 0.3) is 10.8 Å². The summed E-state index contributed by atoms with van der Waals surface area (Å²) in [5.74, 6) is 0. The molecule has 1 heterocycles. The molecule has 0 unspecified atom stereocenters. The molecule has 1 saturated heterocycles. The van der Waals surface area contributed by atoms with E-state index in [1.807, 2.05) is 0 Å². The van der Waals surface area contributed by atoms with Gasteiger partial charge in [0.15, 0.2) is 0 Å². The molecule has 6 rings (SSSR count). The summed E-state index contributed by atoms with van der Waals surface area (Å²) < 4.78 is 6.33. The molecule has 196 valence electrons. The van der Waals surface area contributed by atoms with E-state index in [9.17, 15) is 0 Å². The van der Waals surface area contributed by atoms with Crippen LogP contribution in [0.1, 0.15) is 29.5 Å². The van der Waals surface area contributed by atoms with Crippen molar-refractivity contribution in [2.24, 2.45) is 0 Å². The first kappa shape index (κ1) is 25.8. The van der Waals surface area contributed by atoms with E-state index in [0.717, 1.165) is 19.6 Å². The molecule has 0 aliphatic carbocycles. The van der Waals surface area contributed by atoms with Crippen LogP contribution in [0.5, 0.6) is 0 Å². The van der Waals surface area contributed by atoms with Gasteiger partial charge in [0.1, 0.15) is 0 Å². The van der Waals surface area contributed by atoms with Crippen LogP contribution < -0.4 is 20.8 Å². The minimum absolute atomic E-state index is 0.367. The van der Waals surface area contributed by atoms with Crippen molar-refractivity contribution in [3.63, 3.8) is 0 Å². The van der Waals surface area contributed by atoms with Gasteiger partial charge in [-0.2, -0.15) is 0 Å². The molecule has 3 heteroatoms. The topological polar surface area (TPSA) is 12.5 Å². The maximum atomic E-state index is 6.33. The van der Waals surface area contributed by atoms with Gasteiger partial charge < -0.3 is 9.64 Å². The number of rotatable bonds is 8. The molecule has 1 aliphatic rings. The van der Waals surface area contributed by atoms with Gasteiger partial charge in [0.2, 0.25) is 0 Å². The highest BCUT2D eigenvalue weighted by Gasteiger charge is 2.31. The summed E-state index contributed by atoms with van der Waals surface area (Å²) >= 11 is 0. The Morgan fingerprint density at radius 2 is 1.36 bits per heavy atom. The first-order valence-electron chi connectivity index (χ1n) is 14.0. The molecule has 0 aromatic heterocycles. The van der Waals surface area contributed by atoms with Crippen molar-refractivity contribution in [3.8, 4) is 0 Å². The highest BCUT2D eigenvalue weighted by molar-refractivity contribution is 7.80. The van der Waals surface area contributed by atoms with E-state index in [0.29, 0.717) is 12.6 Å². The summed E-state index contributed by atoms with van der Waals surface area (Å²) in [6, 6.07) is 42.9. The van der Waals surface area contributed by atoms with E-state index in [1.165, 1.54) is 55.5 Å². The highest BCUT2D eigenvalue weighted by Crippen LogP contribution is 2.42. The molecule has 0 radical (unpaired) electrons. The number of aryl methyl sites for hydroxylation is 2. The predicted octanol–water partition coefficient (Wildman–Crippen LogP) is 7.40. The minimum atomic E-state index is -0.731. The summed E-state index contributed by atoms with van der Waals surface area (Å²) in [7, 11) is -0.731. The van der Waals surface area contributed by atoms with Gasteiger partial charge in [-0.1, -0.05) is 126 Å². The van der Waals surface area contributed by atoms with Gasteiger partial charge in [-0.25, -0.2) is 0 Å². The average Bonchev–Trinajstić information content (AvgIpc) is 3.43. The van der Waals surface area contributed by atoms with E-state index in [-0.39, 0.29) is 0 Å². The molecule has 5 aromatic rings. The number of fused-ring (bicyclic) bond motifs is 1. The Morgan fingerprint density at radius 1 is 0.718 bits per heavy atom. The molecule has 0 saturated carbocycles. The third-order valence-electron chi connectivity index (χ3n) is 7.79. The molecule has 0 amide bonds. The van der Waals surface area contributed by atoms with E-state index in [4.69, 9.17) is 4.74 Å². The molecule has 0 spiro atoms. The zero-order valence-corrected chi connectivity index (χ0v) is 23.8. The first-order valence-corrected chi connectivity index (χ1v) is 15.3. The van der Waals surface area contributed by atoms with Crippen molar-refractivity contribution in [3.05, 3.63) is 132 Å². The Morgan fingerprint density at radius 3 is 2.05 bits per heavy atom. The molecule has 1 fully saturated rings. The summed E-state index contributed by atoms with van der Waals surface area (Å²) in [6.07, 6.45) is 2.35. The SMILES string of the molecule is Cc1ccc(P(c2ccc(C)cc2)c2ccc3ccccc3c2N2CCC[C@H]2COCc2ccccc2)cc1. The normalized spacial score (nSPS) is 15.4. The minimum Gasteiger partial charge on any atom is -0.375 e. The molecular weight excluding hydrogens is 493 g/mol. The number of nitrogens with zero attached hydrogens (tertiary/aromatic N) is 1. The van der Waals surface area contributed by atoms with Gasteiger partial charge >= 0.3 is 0 Å². The lowest BCUT2D eigenvalue weighted by Gasteiger charge is -2.33. The number of hydrogen-bond donors (Lipinski definition) is 0. The van der Waals surface area contributed by atoms with Crippen LogP contribution >= 0.6 is 7.92 Å². The van der Waals surface area contributed by atoms with Crippen molar-refractivity contribution < 1.29 is 4.74 Å². The quantitative estimate of drug-likeness (QED) is 0.194. The summed E-state index contributed by atoms with van der Waals surface area (Å²) in [4.78, 5) is 2.67. The summed E-state index contributed by atoms with van der Waals surface area (Å²) in [5, 5.41) is 6.87. The van der Waals surface area contributed by atoms with Crippen LogP contribution in [0, 0.1) is 13.8 Å².